The maximum absolute atomic E-state index is 13.9. The molecule has 1 unspecified atom stereocenters. The molecule has 2 aromatic carbocycles. The molecule has 6 heteroatoms. The minimum Gasteiger partial charge on any atom is -0.326 e. The number of aromatic nitrogens is 2. The Labute approximate surface area is 216 Å². The van der Waals surface area contributed by atoms with E-state index in [0.29, 0.717) is 6.54 Å². The molecule has 1 N–H and O–H groups in total. The number of benzene rings is 2. The molecule has 0 spiro atoms. The van der Waals surface area contributed by atoms with Gasteiger partial charge >= 0.3 is 0 Å². The molecule has 5 rings (SSSR count). The van der Waals surface area contributed by atoms with Crippen molar-refractivity contribution in [3.8, 4) is 0 Å². The van der Waals surface area contributed by atoms with Gasteiger partial charge in [0, 0.05) is 17.7 Å². The number of hydrogen-bond donors (Lipinski definition) is 1. The molecule has 35 heavy (non-hydrogen) atoms. The van der Waals surface area contributed by atoms with E-state index in [0.717, 1.165) is 59.2 Å². The topological polar surface area (TPSA) is 39.3 Å². The van der Waals surface area contributed by atoms with E-state index in [1.165, 1.54) is 35.3 Å². The van der Waals surface area contributed by atoms with Gasteiger partial charge in [0.15, 0.2) is 5.16 Å². The quantitative estimate of drug-likeness (QED) is 0.181. The Morgan fingerprint density at radius 3 is 2.49 bits per heavy atom. The first-order chi connectivity index (χ1) is 17.2. The first-order valence-corrected chi connectivity index (χ1v) is 14.6. The standard InChI is InChI=1S/C29H33N3OS2/c1-2-3-4-11-18-34-29-30-27-26(28(33)32(29)20-23-14-9-6-10-15-23)24-16-17-31(21-25(24)35-27)19-22-12-7-5-8-13-22/h5-10,12-15H,2-4,11,16-21H2,1H3/p+1. The molecule has 0 saturated carbocycles. The summed E-state index contributed by atoms with van der Waals surface area (Å²) in [6, 6.07) is 21.0. The monoisotopic (exact) mass is 504 g/mol. The fourth-order valence-corrected chi connectivity index (χ4v) is 7.26. The molecular formula is C29H34N3OS2+. The minimum atomic E-state index is 0.138. The summed E-state index contributed by atoms with van der Waals surface area (Å²) < 4.78 is 1.93. The minimum absolute atomic E-state index is 0.138. The number of hydrogen-bond acceptors (Lipinski definition) is 4. The molecule has 0 saturated heterocycles. The smallest absolute Gasteiger partial charge is 0.263 e. The van der Waals surface area contributed by atoms with Crippen LogP contribution in [0, 0.1) is 0 Å². The highest BCUT2D eigenvalue weighted by atomic mass is 32.2. The molecule has 0 aliphatic carbocycles. The molecule has 2 aromatic heterocycles. The largest absolute Gasteiger partial charge is 0.326 e. The number of thiophene rings is 1. The Morgan fingerprint density at radius 2 is 1.74 bits per heavy atom. The van der Waals surface area contributed by atoms with Crippen LogP contribution in [0.5, 0.6) is 0 Å². The van der Waals surface area contributed by atoms with Crippen molar-refractivity contribution in [1.82, 2.24) is 9.55 Å². The van der Waals surface area contributed by atoms with E-state index in [1.54, 1.807) is 28.0 Å². The van der Waals surface area contributed by atoms with Crippen LogP contribution in [0.15, 0.2) is 70.6 Å². The van der Waals surface area contributed by atoms with E-state index in [4.69, 9.17) is 4.98 Å². The van der Waals surface area contributed by atoms with Crippen LogP contribution in [-0.2, 0) is 26.1 Å². The molecule has 182 valence electrons. The average Bonchev–Trinajstić information content (AvgIpc) is 3.25. The molecule has 1 aliphatic rings. The zero-order chi connectivity index (χ0) is 24.0. The number of nitrogens with one attached hydrogen (secondary N) is 1. The summed E-state index contributed by atoms with van der Waals surface area (Å²) in [7, 11) is 0. The van der Waals surface area contributed by atoms with Gasteiger partial charge in [-0.15, -0.1) is 11.3 Å². The lowest BCUT2D eigenvalue weighted by Crippen LogP contribution is -3.10. The lowest BCUT2D eigenvalue weighted by atomic mass is 10.0. The summed E-state index contributed by atoms with van der Waals surface area (Å²) in [5.74, 6) is 1.01. The van der Waals surface area contributed by atoms with Crippen LogP contribution in [0.4, 0.5) is 0 Å². The first-order valence-electron chi connectivity index (χ1n) is 12.8. The first kappa shape index (κ1) is 24.3. The summed E-state index contributed by atoms with van der Waals surface area (Å²) in [5.41, 5.74) is 3.91. The summed E-state index contributed by atoms with van der Waals surface area (Å²) in [4.78, 5) is 22.8. The third-order valence-electron chi connectivity index (χ3n) is 6.81. The fourth-order valence-electron chi connectivity index (χ4n) is 4.93. The summed E-state index contributed by atoms with van der Waals surface area (Å²) >= 11 is 3.49. The van der Waals surface area contributed by atoms with E-state index < -0.39 is 0 Å². The molecule has 0 radical (unpaired) electrons. The van der Waals surface area contributed by atoms with E-state index >= 15 is 0 Å². The zero-order valence-electron chi connectivity index (χ0n) is 20.5. The number of fused-ring (bicyclic) bond motifs is 3. The lowest BCUT2D eigenvalue weighted by molar-refractivity contribution is -0.929. The van der Waals surface area contributed by atoms with Crippen molar-refractivity contribution in [3.63, 3.8) is 0 Å². The predicted molar refractivity (Wildman–Crippen MR) is 148 cm³/mol. The van der Waals surface area contributed by atoms with Crippen molar-refractivity contribution >= 4 is 33.3 Å². The lowest BCUT2D eigenvalue weighted by Gasteiger charge is -2.24. The fraction of sp³-hybridized carbons (Fsp3) is 0.379. The number of unbranched alkanes of at least 4 members (excludes halogenated alkanes) is 3. The highest BCUT2D eigenvalue weighted by Gasteiger charge is 2.27. The van der Waals surface area contributed by atoms with Crippen LogP contribution < -0.4 is 10.5 Å². The molecule has 0 fully saturated rings. The van der Waals surface area contributed by atoms with E-state index in [-0.39, 0.29) is 5.56 Å². The molecule has 4 aromatic rings. The van der Waals surface area contributed by atoms with Crippen LogP contribution in [0.1, 0.15) is 54.2 Å². The second kappa shape index (κ2) is 11.5. The number of quaternary nitrogens is 1. The van der Waals surface area contributed by atoms with Crippen molar-refractivity contribution in [2.24, 2.45) is 0 Å². The van der Waals surface area contributed by atoms with Crippen LogP contribution in [0.3, 0.4) is 0 Å². The van der Waals surface area contributed by atoms with Crippen LogP contribution >= 0.6 is 23.1 Å². The van der Waals surface area contributed by atoms with Crippen molar-refractivity contribution in [2.75, 3.05) is 12.3 Å². The Kier molecular flexibility index (Phi) is 8.02. The number of thioether (sulfide) groups is 1. The van der Waals surface area contributed by atoms with Gasteiger partial charge in [-0.3, -0.25) is 9.36 Å². The van der Waals surface area contributed by atoms with Gasteiger partial charge in [0.05, 0.1) is 23.4 Å². The van der Waals surface area contributed by atoms with Crippen molar-refractivity contribution in [3.05, 3.63) is 92.6 Å². The van der Waals surface area contributed by atoms with Gasteiger partial charge in [-0.1, -0.05) is 98.6 Å². The molecule has 0 bridgehead atoms. The van der Waals surface area contributed by atoms with Crippen LogP contribution in [0.2, 0.25) is 0 Å². The van der Waals surface area contributed by atoms with Gasteiger partial charge in [-0.05, 0) is 17.5 Å². The SMILES string of the molecule is CCCCCCSc1nc2sc3c(c2c(=O)n1Cc1ccccc1)CC[NH+](Cc1ccccc1)C3. The van der Waals surface area contributed by atoms with Gasteiger partial charge in [0.2, 0.25) is 0 Å². The third kappa shape index (κ3) is 5.71. The second-order valence-corrected chi connectivity index (χ2v) is 11.6. The average molecular weight is 505 g/mol. The Balaban J connectivity index is 1.45. The summed E-state index contributed by atoms with van der Waals surface area (Å²) in [5, 5.41) is 1.74. The number of rotatable bonds is 10. The third-order valence-corrected chi connectivity index (χ3v) is 9.00. The molecule has 0 amide bonds. The van der Waals surface area contributed by atoms with Crippen LogP contribution in [-0.4, -0.2) is 21.8 Å². The zero-order valence-corrected chi connectivity index (χ0v) is 22.1. The predicted octanol–water partition coefficient (Wildman–Crippen LogP) is 5.32. The Hall–Kier alpha value is -2.41. The maximum Gasteiger partial charge on any atom is 0.263 e. The van der Waals surface area contributed by atoms with Gasteiger partial charge < -0.3 is 4.90 Å². The molecule has 1 atom stereocenters. The highest BCUT2D eigenvalue weighted by Crippen LogP contribution is 2.31. The Bertz CT molecular complexity index is 1310. The van der Waals surface area contributed by atoms with E-state index in [9.17, 15) is 4.79 Å². The summed E-state index contributed by atoms with van der Waals surface area (Å²) in [6.07, 6.45) is 5.85. The molecule has 3 heterocycles. The van der Waals surface area contributed by atoms with Crippen LogP contribution in [0.25, 0.3) is 10.2 Å². The molecule has 1 aliphatic heterocycles. The van der Waals surface area contributed by atoms with E-state index in [1.807, 2.05) is 22.8 Å². The van der Waals surface area contributed by atoms with Crippen molar-refractivity contribution < 1.29 is 4.90 Å². The van der Waals surface area contributed by atoms with Gasteiger partial charge in [-0.25, -0.2) is 4.98 Å². The molecular weight excluding hydrogens is 470 g/mol. The highest BCUT2D eigenvalue weighted by molar-refractivity contribution is 7.99. The number of nitrogens with zero attached hydrogens (tertiary/aromatic N) is 2. The summed E-state index contributed by atoms with van der Waals surface area (Å²) in [6.45, 7) is 5.87. The second-order valence-electron chi connectivity index (χ2n) is 9.45. The Morgan fingerprint density at radius 1 is 1.00 bits per heavy atom. The van der Waals surface area contributed by atoms with Gasteiger partial charge in [-0.2, -0.15) is 0 Å². The van der Waals surface area contributed by atoms with Gasteiger partial charge in [0.1, 0.15) is 17.9 Å². The van der Waals surface area contributed by atoms with Crippen molar-refractivity contribution in [1.29, 1.82) is 0 Å². The maximum atomic E-state index is 13.9. The van der Waals surface area contributed by atoms with Crippen molar-refractivity contribution in [2.45, 2.75) is 63.8 Å². The normalized spacial score (nSPS) is 15.4. The van der Waals surface area contributed by atoms with E-state index in [2.05, 4.69) is 49.4 Å². The molecule has 4 nitrogen and oxygen atoms in total. The van der Waals surface area contributed by atoms with Gasteiger partial charge in [0.25, 0.3) is 5.56 Å².